The largest absolute Gasteiger partial charge is 0.493 e. The van der Waals surface area contributed by atoms with E-state index in [0.29, 0.717) is 24.0 Å². The SMILES string of the molecule is COc1ccc(CN=C(N)NCCc2ccc3ccccc3c2)cc1OC.I. The number of nitrogens with zero attached hydrogens (tertiary/aromatic N) is 1. The van der Waals surface area contributed by atoms with Crippen LogP contribution in [-0.4, -0.2) is 26.7 Å². The van der Waals surface area contributed by atoms with Crippen molar-refractivity contribution < 1.29 is 9.47 Å². The van der Waals surface area contributed by atoms with Gasteiger partial charge in [-0.2, -0.15) is 0 Å². The number of halogens is 1. The van der Waals surface area contributed by atoms with E-state index in [1.54, 1.807) is 14.2 Å². The number of fused-ring (bicyclic) bond motifs is 1. The number of methoxy groups -OCH3 is 2. The Bertz CT molecular complexity index is 944. The average Bonchev–Trinajstić information content (AvgIpc) is 2.72. The molecule has 0 aromatic heterocycles. The fourth-order valence-electron chi connectivity index (χ4n) is 2.94. The Morgan fingerprint density at radius 1 is 0.893 bits per heavy atom. The van der Waals surface area contributed by atoms with Crippen LogP contribution in [0.25, 0.3) is 10.8 Å². The lowest BCUT2D eigenvalue weighted by Crippen LogP contribution is -2.33. The van der Waals surface area contributed by atoms with E-state index in [0.717, 1.165) is 18.5 Å². The number of hydrogen-bond donors (Lipinski definition) is 2. The minimum absolute atomic E-state index is 0. The maximum absolute atomic E-state index is 5.99. The summed E-state index contributed by atoms with van der Waals surface area (Å²) >= 11 is 0. The first kappa shape index (κ1) is 21.8. The average molecular weight is 491 g/mol. The molecule has 28 heavy (non-hydrogen) atoms. The molecule has 3 N–H and O–H groups in total. The van der Waals surface area contributed by atoms with Gasteiger partial charge < -0.3 is 20.5 Å². The van der Waals surface area contributed by atoms with E-state index in [2.05, 4.69) is 52.8 Å². The van der Waals surface area contributed by atoms with E-state index in [4.69, 9.17) is 15.2 Å². The number of rotatable bonds is 7. The van der Waals surface area contributed by atoms with E-state index < -0.39 is 0 Å². The number of nitrogens with one attached hydrogen (secondary N) is 1. The summed E-state index contributed by atoms with van der Waals surface area (Å²) in [6, 6.07) is 20.6. The van der Waals surface area contributed by atoms with Crippen LogP contribution in [0.5, 0.6) is 11.5 Å². The first-order valence-corrected chi connectivity index (χ1v) is 8.92. The van der Waals surface area contributed by atoms with Gasteiger partial charge in [-0.05, 0) is 40.5 Å². The van der Waals surface area contributed by atoms with Gasteiger partial charge in [0.25, 0.3) is 0 Å². The molecule has 0 unspecified atom stereocenters. The quantitative estimate of drug-likeness (QED) is 0.297. The van der Waals surface area contributed by atoms with Crippen molar-refractivity contribution in [2.24, 2.45) is 10.7 Å². The molecule has 5 nitrogen and oxygen atoms in total. The van der Waals surface area contributed by atoms with E-state index in [1.807, 2.05) is 18.2 Å². The number of aliphatic imine (C=N–C) groups is 1. The topological polar surface area (TPSA) is 68.9 Å². The Kier molecular flexibility index (Phi) is 8.38. The van der Waals surface area contributed by atoms with Crippen molar-refractivity contribution >= 4 is 40.7 Å². The lowest BCUT2D eigenvalue weighted by Gasteiger charge is -2.09. The van der Waals surface area contributed by atoms with Crippen LogP contribution in [-0.2, 0) is 13.0 Å². The van der Waals surface area contributed by atoms with Gasteiger partial charge in [0.2, 0.25) is 0 Å². The van der Waals surface area contributed by atoms with Gasteiger partial charge in [-0.3, -0.25) is 0 Å². The van der Waals surface area contributed by atoms with Crippen LogP contribution in [0.15, 0.2) is 65.7 Å². The number of hydrogen-bond acceptors (Lipinski definition) is 3. The summed E-state index contributed by atoms with van der Waals surface area (Å²) in [4.78, 5) is 4.39. The molecule has 0 saturated carbocycles. The predicted octanol–water partition coefficient (Wildman–Crippen LogP) is 4.12. The lowest BCUT2D eigenvalue weighted by molar-refractivity contribution is 0.354. The monoisotopic (exact) mass is 491 g/mol. The van der Waals surface area contributed by atoms with Gasteiger partial charge in [-0.25, -0.2) is 4.99 Å². The fourth-order valence-corrected chi connectivity index (χ4v) is 2.94. The third kappa shape index (κ3) is 5.76. The maximum atomic E-state index is 5.99. The van der Waals surface area contributed by atoms with Crippen LogP contribution in [0.3, 0.4) is 0 Å². The maximum Gasteiger partial charge on any atom is 0.188 e. The highest BCUT2D eigenvalue weighted by Gasteiger charge is 2.04. The zero-order valence-corrected chi connectivity index (χ0v) is 18.5. The standard InChI is InChI=1S/C22H25N3O2.HI/c1-26-20-10-8-17(14-21(20)27-2)15-25-22(23)24-12-11-16-7-9-18-5-3-4-6-19(18)13-16;/h3-10,13-14H,11-12,15H2,1-2H3,(H3,23,24,25);1H. The van der Waals surface area contributed by atoms with Crippen molar-refractivity contribution in [3.8, 4) is 11.5 Å². The predicted molar refractivity (Wildman–Crippen MR) is 126 cm³/mol. The smallest absolute Gasteiger partial charge is 0.188 e. The molecule has 0 heterocycles. The molecular weight excluding hydrogens is 465 g/mol. The van der Waals surface area contributed by atoms with Crippen LogP contribution >= 0.6 is 24.0 Å². The normalized spacial score (nSPS) is 11.0. The Hall–Kier alpha value is -2.48. The van der Waals surface area contributed by atoms with E-state index in [9.17, 15) is 0 Å². The van der Waals surface area contributed by atoms with E-state index >= 15 is 0 Å². The lowest BCUT2D eigenvalue weighted by atomic mass is 10.1. The van der Waals surface area contributed by atoms with Crippen molar-refractivity contribution in [3.63, 3.8) is 0 Å². The second-order valence-electron chi connectivity index (χ2n) is 6.25. The minimum atomic E-state index is 0. The first-order chi connectivity index (χ1) is 13.2. The summed E-state index contributed by atoms with van der Waals surface area (Å²) in [5, 5.41) is 5.68. The van der Waals surface area contributed by atoms with Crippen molar-refractivity contribution in [2.75, 3.05) is 20.8 Å². The van der Waals surface area contributed by atoms with Gasteiger partial charge in [0, 0.05) is 6.54 Å². The Labute approximate surface area is 183 Å². The van der Waals surface area contributed by atoms with Crippen LogP contribution < -0.4 is 20.5 Å². The molecule has 0 fully saturated rings. The van der Waals surface area contributed by atoms with Gasteiger partial charge in [0.15, 0.2) is 17.5 Å². The van der Waals surface area contributed by atoms with Crippen LogP contribution in [0, 0.1) is 0 Å². The minimum Gasteiger partial charge on any atom is -0.493 e. The van der Waals surface area contributed by atoms with Gasteiger partial charge in [-0.1, -0.05) is 48.5 Å². The number of ether oxygens (including phenoxy) is 2. The Morgan fingerprint density at radius 3 is 2.36 bits per heavy atom. The zero-order valence-electron chi connectivity index (χ0n) is 16.1. The molecule has 148 valence electrons. The molecule has 0 saturated heterocycles. The molecule has 6 heteroatoms. The third-order valence-electron chi connectivity index (χ3n) is 4.41. The van der Waals surface area contributed by atoms with Crippen molar-refractivity contribution in [1.82, 2.24) is 5.32 Å². The Balaban J connectivity index is 0.00000280. The highest BCUT2D eigenvalue weighted by atomic mass is 127. The fraction of sp³-hybridized carbons (Fsp3) is 0.227. The molecule has 0 aliphatic rings. The molecule has 3 aromatic rings. The summed E-state index contributed by atoms with van der Waals surface area (Å²) < 4.78 is 10.5. The molecule has 0 amide bonds. The van der Waals surface area contributed by atoms with Crippen LogP contribution in [0.1, 0.15) is 11.1 Å². The molecule has 3 aromatic carbocycles. The summed E-state index contributed by atoms with van der Waals surface area (Å²) in [6.45, 7) is 1.22. The molecule has 0 atom stereocenters. The van der Waals surface area contributed by atoms with Crippen molar-refractivity contribution in [3.05, 3.63) is 71.8 Å². The van der Waals surface area contributed by atoms with Crippen LogP contribution in [0.4, 0.5) is 0 Å². The first-order valence-electron chi connectivity index (χ1n) is 8.92. The highest BCUT2D eigenvalue weighted by molar-refractivity contribution is 14.0. The molecule has 3 rings (SSSR count). The third-order valence-corrected chi connectivity index (χ3v) is 4.41. The van der Waals surface area contributed by atoms with Crippen molar-refractivity contribution in [1.29, 1.82) is 0 Å². The second-order valence-corrected chi connectivity index (χ2v) is 6.25. The number of benzene rings is 3. The van der Waals surface area contributed by atoms with Crippen LogP contribution in [0.2, 0.25) is 0 Å². The second kappa shape index (κ2) is 10.8. The Morgan fingerprint density at radius 2 is 1.61 bits per heavy atom. The highest BCUT2D eigenvalue weighted by Crippen LogP contribution is 2.27. The van der Waals surface area contributed by atoms with Gasteiger partial charge in [0.1, 0.15) is 0 Å². The summed E-state index contributed by atoms with van der Waals surface area (Å²) in [5.41, 5.74) is 8.26. The molecule has 0 spiro atoms. The summed E-state index contributed by atoms with van der Waals surface area (Å²) in [7, 11) is 3.24. The number of nitrogens with two attached hydrogens (primary N) is 1. The van der Waals surface area contributed by atoms with Gasteiger partial charge in [-0.15, -0.1) is 24.0 Å². The number of guanidine groups is 1. The molecular formula is C22H26IN3O2. The van der Waals surface area contributed by atoms with E-state index in [1.165, 1.54) is 16.3 Å². The summed E-state index contributed by atoms with van der Waals surface area (Å²) in [6.07, 6.45) is 0.886. The van der Waals surface area contributed by atoms with Gasteiger partial charge in [0.05, 0.1) is 20.8 Å². The molecule has 0 aliphatic heterocycles. The molecule has 0 bridgehead atoms. The van der Waals surface area contributed by atoms with Gasteiger partial charge >= 0.3 is 0 Å². The van der Waals surface area contributed by atoms with E-state index in [-0.39, 0.29) is 24.0 Å². The molecule has 0 aliphatic carbocycles. The molecule has 0 radical (unpaired) electrons. The summed E-state index contributed by atoms with van der Waals surface area (Å²) in [5.74, 6) is 1.82. The van der Waals surface area contributed by atoms with Crippen molar-refractivity contribution in [2.45, 2.75) is 13.0 Å². The zero-order chi connectivity index (χ0) is 19.1.